The molecule has 0 aliphatic heterocycles. The summed E-state index contributed by atoms with van der Waals surface area (Å²) in [5.41, 5.74) is 0.737. The number of rotatable bonds is 4. The highest BCUT2D eigenvalue weighted by atomic mass is 32.1. The van der Waals surface area contributed by atoms with Crippen molar-refractivity contribution in [2.45, 2.75) is 0 Å². The van der Waals surface area contributed by atoms with Gasteiger partial charge in [-0.1, -0.05) is 5.92 Å². The molecule has 2 aromatic rings. The number of nitrogens with zero attached hydrogens (tertiary/aromatic N) is 2. The van der Waals surface area contributed by atoms with Crippen molar-refractivity contribution in [2.75, 3.05) is 6.61 Å². The summed E-state index contributed by atoms with van der Waals surface area (Å²) >= 11 is 1.03. The Hall–Kier alpha value is -2.39. The van der Waals surface area contributed by atoms with Crippen LogP contribution in [0.25, 0.3) is 10.6 Å². The summed E-state index contributed by atoms with van der Waals surface area (Å²) in [4.78, 5) is 19.2. The van der Waals surface area contributed by atoms with Gasteiger partial charge in [-0.25, -0.2) is 9.78 Å². The first-order chi connectivity index (χ1) is 8.72. The average Bonchev–Trinajstić information content (AvgIpc) is 2.81. The highest BCUT2D eigenvalue weighted by Crippen LogP contribution is 2.32. The lowest BCUT2D eigenvalue weighted by Gasteiger charge is -1.97. The van der Waals surface area contributed by atoms with E-state index in [0.717, 1.165) is 16.9 Å². The molecule has 0 saturated carbocycles. The van der Waals surface area contributed by atoms with E-state index in [2.05, 4.69) is 15.9 Å². The van der Waals surface area contributed by atoms with Crippen LogP contribution in [0.4, 0.5) is 0 Å². The van der Waals surface area contributed by atoms with E-state index < -0.39 is 5.97 Å². The minimum atomic E-state index is -1.09. The van der Waals surface area contributed by atoms with E-state index in [1.165, 1.54) is 0 Å². The molecule has 0 amide bonds. The van der Waals surface area contributed by atoms with Gasteiger partial charge in [0.2, 0.25) is 5.88 Å². The van der Waals surface area contributed by atoms with Crippen LogP contribution >= 0.6 is 11.3 Å². The van der Waals surface area contributed by atoms with Gasteiger partial charge >= 0.3 is 5.97 Å². The zero-order valence-electron chi connectivity index (χ0n) is 9.16. The number of thiazole rings is 1. The molecule has 2 heterocycles. The molecule has 0 aliphatic carbocycles. The number of carbonyl (C=O) groups is 1. The van der Waals surface area contributed by atoms with Gasteiger partial charge in [0.25, 0.3) is 0 Å². The Kier molecular flexibility index (Phi) is 3.55. The second-order valence-corrected chi connectivity index (χ2v) is 4.19. The lowest BCUT2D eigenvalue weighted by molar-refractivity contribution is 0.0698. The lowest BCUT2D eigenvalue weighted by atomic mass is 10.3. The van der Waals surface area contributed by atoms with Gasteiger partial charge in [-0.3, -0.25) is 4.98 Å². The van der Waals surface area contributed by atoms with E-state index in [-0.39, 0.29) is 17.4 Å². The zero-order chi connectivity index (χ0) is 13.0. The standard InChI is InChI=1S/C12H8N2O3S/c1-2-6-17-10-9(12(15)16)18-11(14-10)8-4-3-5-13-7-8/h1,3-5,7H,6H2,(H,15,16). The quantitative estimate of drug-likeness (QED) is 0.850. The largest absolute Gasteiger partial charge is 0.477 e. The van der Waals surface area contributed by atoms with Crippen LogP contribution in [-0.4, -0.2) is 27.7 Å². The molecule has 90 valence electrons. The van der Waals surface area contributed by atoms with E-state index >= 15 is 0 Å². The molecular weight excluding hydrogens is 252 g/mol. The molecular formula is C12H8N2O3S. The van der Waals surface area contributed by atoms with Crippen molar-refractivity contribution in [3.05, 3.63) is 29.4 Å². The van der Waals surface area contributed by atoms with Gasteiger partial charge in [0.1, 0.15) is 5.01 Å². The molecule has 0 aliphatic rings. The first-order valence-corrected chi connectivity index (χ1v) is 5.75. The SMILES string of the molecule is C#CCOc1nc(-c2cccnc2)sc1C(=O)O. The highest BCUT2D eigenvalue weighted by Gasteiger charge is 2.19. The molecule has 0 fully saturated rings. The molecule has 0 bridgehead atoms. The van der Waals surface area contributed by atoms with Gasteiger partial charge < -0.3 is 9.84 Å². The van der Waals surface area contributed by atoms with E-state index in [9.17, 15) is 4.79 Å². The third-order valence-electron chi connectivity index (χ3n) is 1.99. The summed E-state index contributed by atoms with van der Waals surface area (Å²) < 4.78 is 5.11. The van der Waals surface area contributed by atoms with Crippen LogP contribution in [0.15, 0.2) is 24.5 Å². The minimum Gasteiger partial charge on any atom is -0.477 e. The van der Waals surface area contributed by atoms with Crippen molar-refractivity contribution < 1.29 is 14.6 Å². The smallest absolute Gasteiger partial charge is 0.351 e. The fraction of sp³-hybridized carbons (Fsp3) is 0.0833. The summed E-state index contributed by atoms with van der Waals surface area (Å²) in [6.07, 6.45) is 8.30. The molecule has 0 unspecified atom stereocenters. The Balaban J connectivity index is 2.40. The van der Waals surface area contributed by atoms with Gasteiger partial charge in [-0.05, 0) is 12.1 Å². The average molecular weight is 260 g/mol. The fourth-order valence-corrected chi connectivity index (χ4v) is 2.10. The van der Waals surface area contributed by atoms with Crippen LogP contribution in [0.2, 0.25) is 0 Å². The number of hydrogen-bond donors (Lipinski definition) is 1. The van der Waals surface area contributed by atoms with Crippen molar-refractivity contribution in [1.82, 2.24) is 9.97 Å². The summed E-state index contributed by atoms with van der Waals surface area (Å²) in [6.45, 7) is -0.0174. The van der Waals surface area contributed by atoms with Crippen LogP contribution < -0.4 is 4.74 Å². The first kappa shape index (κ1) is 12.1. The number of aromatic nitrogens is 2. The summed E-state index contributed by atoms with van der Waals surface area (Å²) in [5, 5.41) is 9.58. The monoisotopic (exact) mass is 260 g/mol. The van der Waals surface area contributed by atoms with E-state index in [4.69, 9.17) is 16.3 Å². The van der Waals surface area contributed by atoms with E-state index in [1.54, 1.807) is 24.5 Å². The van der Waals surface area contributed by atoms with Crippen molar-refractivity contribution in [2.24, 2.45) is 0 Å². The number of pyridine rings is 1. The van der Waals surface area contributed by atoms with Gasteiger partial charge in [-0.15, -0.1) is 17.8 Å². The molecule has 2 aromatic heterocycles. The van der Waals surface area contributed by atoms with Crippen molar-refractivity contribution in [3.8, 4) is 28.8 Å². The maximum Gasteiger partial charge on any atom is 0.351 e. The Morgan fingerprint density at radius 2 is 2.44 bits per heavy atom. The van der Waals surface area contributed by atoms with Crippen LogP contribution in [-0.2, 0) is 0 Å². The molecule has 18 heavy (non-hydrogen) atoms. The Bertz CT molecular complexity index is 602. The van der Waals surface area contributed by atoms with Crippen molar-refractivity contribution in [1.29, 1.82) is 0 Å². The van der Waals surface area contributed by atoms with Gasteiger partial charge in [-0.2, -0.15) is 0 Å². The number of carboxylic acid groups (broad SMARTS) is 1. The van der Waals surface area contributed by atoms with E-state index in [1.807, 2.05) is 0 Å². The van der Waals surface area contributed by atoms with Gasteiger partial charge in [0.05, 0.1) is 0 Å². The molecule has 0 saturated heterocycles. The summed E-state index contributed by atoms with van der Waals surface area (Å²) in [5.74, 6) is 1.23. The first-order valence-electron chi connectivity index (χ1n) is 4.93. The van der Waals surface area contributed by atoms with Crippen LogP contribution in [0, 0.1) is 12.3 Å². The Labute approximate surface area is 107 Å². The molecule has 2 rings (SSSR count). The Morgan fingerprint density at radius 3 is 3.06 bits per heavy atom. The predicted molar refractivity (Wildman–Crippen MR) is 66.6 cm³/mol. The molecule has 6 heteroatoms. The molecule has 0 radical (unpaired) electrons. The zero-order valence-corrected chi connectivity index (χ0v) is 9.98. The van der Waals surface area contributed by atoms with Crippen LogP contribution in [0.1, 0.15) is 9.67 Å². The number of aromatic carboxylic acids is 1. The molecule has 1 N–H and O–H groups in total. The normalized spacial score (nSPS) is 9.72. The summed E-state index contributed by atoms with van der Waals surface area (Å²) in [6, 6.07) is 3.54. The minimum absolute atomic E-state index is 0.0174. The maximum absolute atomic E-state index is 11.1. The maximum atomic E-state index is 11.1. The summed E-state index contributed by atoms with van der Waals surface area (Å²) in [7, 11) is 0. The number of ether oxygens (including phenoxy) is 1. The number of hydrogen-bond acceptors (Lipinski definition) is 5. The third kappa shape index (κ3) is 2.47. The number of terminal acetylenes is 1. The van der Waals surface area contributed by atoms with Crippen LogP contribution in [0.5, 0.6) is 5.88 Å². The predicted octanol–water partition coefficient (Wildman–Crippen LogP) is 1.92. The molecule has 5 nitrogen and oxygen atoms in total. The fourth-order valence-electron chi connectivity index (χ4n) is 1.26. The van der Waals surface area contributed by atoms with Gasteiger partial charge in [0.15, 0.2) is 11.5 Å². The molecule has 0 atom stereocenters. The number of carboxylic acids is 1. The lowest BCUT2D eigenvalue weighted by Crippen LogP contribution is -2.00. The highest BCUT2D eigenvalue weighted by molar-refractivity contribution is 7.17. The van der Waals surface area contributed by atoms with Crippen LogP contribution in [0.3, 0.4) is 0 Å². The molecule has 0 aromatic carbocycles. The van der Waals surface area contributed by atoms with Gasteiger partial charge in [0, 0.05) is 18.0 Å². The third-order valence-corrected chi connectivity index (χ3v) is 3.06. The Morgan fingerprint density at radius 1 is 1.61 bits per heavy atom. The van der Waals surface area contributed by atoms with E-state index in [0.29, 0.717) is 5.01 Å². The molecule has 0 spiro atoms. The van der Waals surface area contributed by atoms with Crippen molar-refractivity contribution in [3.63, 3.8) is 0 Å². The topological polar surface area (TPSA) is 72.3 Å². The second-order valence-electron chi connectivity index (χ2n) is 3.19. The van der Waals surface area contributed by atoms with Crippen molar-refractivity contribution >= 4 is 17.3 Å². The second kappa shape index (κ2) is 5.29.